The number of sulfonamides is 1. The molecule has 8 heteroatoms. The van der Waals surface area contributed by atoms with Crippen molar-refractivity contribution in [1.29, 1.82) is 5.26 Å². The summed E-state index contributed by atoms with van der Waals surface area (Å²) < 4.78 is 25.1. The Morgan fingerprint density at radius 3 is 2.89 bits per heavy atom. The molecular weight excluding hydrogens is 254 g/mol. The second-order valence-electron chi connectivity index (χ2n) is 3.52. The highest BCUT2D eigenvalue weighted by Crippen LogP contribution is 2.13. The number of nitrogens with two attached hydrogens (primary N) is 1. The van der Waals surface area contributed by atoms with E-state index < -0.39 is 10.0 Å². The Morgan fingerprint density at radius 2 is 2.28 bits per heavy atom. The summed E-state index contributed by atoms with van der Waals surface area (Å²) in [5.41, 5.74) is 6.17. The molecule has 18 heavy (non-hydrogen) atoms. The maximum atomic E-state index is 11.4. The van der Waals surface area contributed by atoms with Crippen molar-refractivity contribution >= 4 is 21.5 Å². The van der Waals surface area contributed by atoms with Gasteiger partial charge in [0.15, 0.2) is 0 Å². The van der Waals surface area contributed by atoms with Crippen molar-refractivity contribution in [3.8, 4) is 6.07 Å². The van der Waals surface area contributed by atoms with Gasteiger partial charge in [-0.1, -0.05) is 6.92 Å². The lowest BCUT2D eigenvalue weighted by Gasteiger charge is -2.08. The van der Waals surface area contributed by atoms with Crippen molar-refractivity contribution in [3.63, 3.8) is 0 Å². The first-order valence-electron chi connectivity index (χ1n) is 5.35. The zero-order chi connectivity index (χ0) is 13.6. The molecule has 0 unspecified atom stereocenters. The van der Waals surface area contributed by atoms with E-state index in [0.717, 1.165) is 0 Å². The first-order chi connectivity index (χ1) is 8.48. The standard InChI is InChI=1S/C10H15N5O2S/c1-2-15-18(16,17)4-3-13-10-8(6-11)5-9(12)7-14-10/h5,7,15H,2-4,12H2,1H3,(H,13,14). The second-order valence-corrected chi connectivity index (χ2v) is 5.45. The first kappa shape index (κ1) is 14.2. The highest BCUT2D eigenvalue weighted by Gasteiger charge is 2.09. The normalized spacial score (nSPS) is 10.9. The molecule has 0 aliphatic heterocycles. The van der Waals surface area contributed by atoms with Gasteiger partial charge in [-0.2, -0.15) is 5.26 Å². The number of nitrogen functional groups attached to an aromatic ring is 1. The van der Waals surface area contributed by atoms with Crippen LogP contribution in [0.4, 0.5) is 11.5 Å². The monoisotopic (exact) mass is 269 g/mol. The molecule has 0 radical (unpaired) electrons. The molecule has 98 valence electrons. The van der Waals surface area contributed by atoms with Crippen LogP contribution in [-0.2, 0) is 10.0 Å². The molecule has 0 amide bonds. The lowest BCUT2D eigenvalue weighted by atomic mass is 10.2. The lowest BCUT2D eigenvalue weighted by Crippen LogP contribution is -2.29. The molecule has 0 aromatic carbocycles. The van der Waals surface area contributed by atoms with Gasteiger partial charge in [-0.15, -0.1) is 0 Å². The fourth-order valence-corrected chi connectivity index (χ4v) is 2.26. The predicted molar refractivity (Wildman–Crippen MR) is 69.3 cm³/mol. The molecule has 7 nitrogen and oxygen atoms in total. The van der Waals surface area contributed by atoms with Gasteiger partial charge in [-0.25, -0.2) is 18.1 Å². The Hall–Kier alpha value is -1.85. The summed E-state index contributed by atoms with van der Waals surface area (Å²) in [6.45, 7) is 2.23. The number of aromatic nitrogens is 1. The molecule has 1 heterocycles. The third kappa shape index (κ3) is 4.20. The van der Waals surface area contributed by atoms with E-state index in [-0.39, 0.29) is 17.9 Å². The van der Waals surface area contributed by atoms with Crippen LogP contribution in [0, 0.1) is 11.3 Å². The number of nitrogens with zero attached hydrogens (tertiary/aromatic N) is 2. The number of pyridine rings is 1. The SMILES string of the molecule is CCNS(=O)(=O)CCNc1ncc(N)cc1C#N. The average Bonchev–Trinajstić information content (AvgIpc) is 2.30. The average molecular weight is 269 g/mol. The summed E-state index contributed by atoms with van der Waals surface area (Å²) in [6.07, 6.45) is 1.40. The zero-order valence-electron chi connectivity index (χ0n) is 9.97. The van der Waals surface area contributed by atoms with E-state index in [1.54, 1.807) is 6.92 Å². The molecular formula is C10H15N5O2S. The van der Waals surface area contributed by atoms with Crippen molar-refractivity contribution in [3.05, 3.63) is 17.8 Å². The summed E-state index contributed by atoms with van der Waals surface area (Å²) in [6, 6.07) is 3.42. The van der Waals surface area contributed by atoms with Crippen LogP contribution in [0.15, 0.2) is 12.3 Å². The van der Waals surface area contributed by atoms with E-state index >= 15 is 0 Å². The third-order valence-electron chi connectivity index (χ3n) is 2.06. The Balaban J connectivity index is 2.63. The topological polar surface area (TPSA) is 121 Å². The van der Waals surface area contributed by atoms with Crippen LogP contribution >= 0.6 is 0 Å². The largest absolute Gasteiger partial charge is 0.397 e. The van der Waals surface area contributed by atoms with Crippen molar-refractivity contribution in [1.82, 2.24) is 9.71 Å². The molecule has 0 bridgehead atoms. The van der Waals surface area contributed by atoms with Gasteiger partial charge in [-0.3, -0.25) is 0 Å². The van der Waals surface area contributed by atoms with Gasteiger partial charge < -0.3 is 11.1 Å². The van der Waals surface area contributed by atoms with Crippen molar-refractivity contribution in [2.24, 2.45) is 0 Å². The van der Waals surface area contributed by atoms with Crippen LogP contribution < -0.4 is 15.8 Å². The Morgan fingerprint density at radius 1 is 1.56 bits per heavy atom. The molecule has 0 atom stereocenters. The van der Waals surface area contributed by atoms with Gasteiger partial charge >= 0.3 is 0 Å². The smallest absolute Gasteiger partial charge is 0.213 e. The second kappa shape index (κ2) is 6.18. The highest BCUT2D eigenvalue weighted by atomic mass is 32.2. The van der Waals surface area contributed by atoms with E-state index in [0.29, 0.717) is 18.1 Å². The number of nitrogens with one attached hydrogen (secondary N) is 2. The summed E-state index contributed by atoms with van der Waals surface area (Å²) in [4.78, 5) is 3.94. The van der Waals surface area contributed by atoms with Crippen LogP contribution in [0.3, 0.4) is 0 Å². The van der Waals surface area contributed by atoms with Crippen LogP contribution in [0.25, 0.3) is 0 Å². The summed E-state index contributed by atoms with van der Waals surface area (Å²) >= 11 is 0. The Labute approximate surface area is 106 Å². The minimum atomic E-state index is -3.28. The summed E-state index contributed by atoms with van der Waals surface area (Å²) in [5, 5.41) is 11.7. The predicted octanol–water partition coefficient (Wildman–Crippen LogP) is -0.113. The molecule has 0 spiro atoms. The van der Waals surface area contributed by atoms with Crippen LogP contribution in [0.1, 0.15) is 12.5 Å². The number of hydrogen-bond acceptors (Lipinski definition) is 6. The van der Waals surface area contributed by atoms with Gasteiger partial charge in [0.05, 0.1) is 23.2 Å². The van der Waals surface area contributed by atoms with E-state index in [1.807, 2.05) is 6.07 Å². The molecule has 0 saturated carbocycles. The zero-order valence-corrected chi connectivity index (χ0v) is 10.8. The van der Waals surface area contributed by atoms with Gasteiger partial charge in [0, 0.05) is 13.1 Å². The lowest BCUT2D eigenvalue weighted by molar-refractivity contribution is 0.584. The van der Waals surface area contributed by atoms with Gasteiger partial charge in [0.1, 0.15) is 11.9 Å². The summed E-state index contributed by atoms with van der Waals surface area (Å²) in [5.74, 6) is 0.246. The fraction of sp³-hybridized carbons (Fsp3) is 0.400. The van der Waals surface area contributed by atoms with Crippen LogP contribution in [0.2, 0.25) is 0 Å². The third-order valence-corrected chi connectivity index (χ3v) is 3.53. The minimum Gasteiger partial charge on any atom is -0.397 e. The van der Waals surface area contributed by atoms with E-state index in [2.05, 4.69) is 15.0 Å². The summed E-state index contributed by atoms with van der Waals surface area (Å²) in [7, 11) is -3.28. The van der Waals surface area contributed by atoms with Crippen LogP contribution in [-0.4, -0.2) is 32.2 Å². The van der Waals surface area contributed by atoms with E-state index in [4.69, 9.17) is 11.0 Å². The highest BCUT2D eigenvalue weighted by molar-refractivity contribution is 7.89. The molecule has 0 aliphatic carbocycles. The van der Waals surface area contributed by atoms with Crippen molar-refractivity contribution in [2.75, 3.05) is 29.9 Å². The molecule has 1 aromatic heterocycles. The fourth-order valence-electron chi connectivity index (χ4n) is 1.30. The first-order valence-corrected chi connectivity index (χ1v) is 7.00. The molecule has 0 fully saturated rings. The van der Waals surface area contributed by atoms with Crippen molar-refractivity contribution in [2.45, 2.75) is 6.92 Å². The maximum absolute atomic E-state index is 11.4. The number of hydrogen-bond donors (Lipinski definition) is 3. The van der Waals surface area contributed by atoms with Gasteiger partial charge in [0.2, 0.25) is 10.0 Å². The van der Waals surface area contributed by atoms with Gasteiger partial charge in [-0.05, 0) is 6.07 Å². The molecule has 0 aliphatic rings. The quantitative estimate of drug-likeness (QED) is 0.662. The molecule has 0 saturated heterocycles. The number of anilines is 2. The molecule has 1 rings (SSSR count). The van der Waals surface area contributed by atoms with E-state index in [1.165, 1.54) is 12.3 Å². The Bertz CT molecular complexity index is 550. The Kier molecular flexibility index (Phi) is 4.88. The van der Waals surface area contributed by atoms with Crippen molar-refractivity contribution < 1.29 is 8.42 Å². The van der Waals surface area contributed by atoms with Crippen LogP contribution in [0.5, 0.6) is 0 Å². The van der Waals surface area contributed by atoms with Gasteiger partial charge in [0.25, 0.3) is 0 Å². The minimum absolute atomic E-state index is 0.0856. The van der Waals surface area contributed by atoms with E-state index in [9.17, 15) is 8.42 Å². The molecule has 4 N–H and O–H groups in total. The maximum Gasteiger partial charge on any atom is 0.213 e. The number of rotatable bonds is 6. The number of nitriles is 1. The molecule has 1 aromatic rings.